The first kappa shape index (κ1) is 18.8. The average molecular weight is 385 g/mol. The highest BCUT2D eigenvalue weighted by Crippen LogP contribution is 2.21. The Morgan fingerprint density at radius 3 is 2.46 bits per heavy atom. The van der Waals surface area contributed by atoms with Crippen molar-refractivity contribution in [2.45, 2.75) is 26.2 Å². The highest BCUT2D eigenvalue weighted by atomic mass is 16.5. The molecule has 2 fully saturated rings. The van der Waals surface area contributed by atoms with Crippen LogP contribution in [-0.4, -0.2) is 81.6 Å². The van der Waals surface area contributed by atoms with Crippen molar-refractivity contribution in [1.29, 1.82) is 0 Å². The van der Waals surface area contributed by atoms with Crippen LogP contribution in [0.1, 0.15) is 24.6 Å². The number of carbonyl (C=O) groups excluding carboxylic acids is 1. The maximum Gasteiger partial charge on any atom is 0.236 e. The first-order valence-electron chi connectivity index (χ1n) is 9.98. The predicted molar refractivity (Wildman–Crippen MR) is 103 cm³/mol. The monoisotopic (exact) mass is 385 g/mol. The Hall–Kier alpha value is -2.55. The molecule has 2 saturated heterocycles. The third kappa shape index (κ3) is 4.64. The van der Waals surface area contributed by atoms with Gasteiger partial charge in [0.15, 0.2) is 5.82 Å². The van der Waals surface area contributed by atoms with Crippen LogP contribution in [-0.2, 0) is 11.2 Å². The molecule has 0 aromatic carbocycles. The SMILES string of the molecule is Cc1nc(CC2CCN(C(=O)CN3CCN(c4ncccn4)CC3)CC2)no1. The van der Waals surface area contributed by atoms with Crippen molar-refractivity contribution in [2.24, 2.45) is 5.92 Å². The molecule has 0 bridgehead atoms. The number of likely N-dealkylation sites (tertiary alicyclic amines) is 1. The lowest BCUT2D eigenvalue weighted by Gasteiger charge is -2.36. The van der Waals surface area contributed by atoms with Crippen LogP contribution in [0.4, 0.5) is 5.95 Å². The van der Waals surface area contributed by atoms with Crippen molar-refractivity contribution in [3.05, 3.63) is 30.2 Å². The van der Waals surface area contributed by atoms with E-state index in [1.165, 1.54) is 0 Å². The number of aromatic nitrogens is 4. The van der Waals surface area contributed by atoms with Gasteiger partial charge in [0.25, 0.3) is 0 Å². The summed E-state index contributed by atoms with van der Waals surface area (Å²) in [4.78, 5) is 32.0. The zero-order valence-electron chi connectivity index (χ0n) is 16.3. The Labute approximate surface area is 164 Å². The Bertz CT molecular complexity index is 766. The lowest BCUT2D eigenvalue weighted by Crippen LogP contribution is -2.51. The van der Waals surface area contributed by atoms with Crippen LogP contribution >= 0.6 is 0 Å². The molecule has 28 heavy (non-hydrogen) atoms. The number of piperazine rings is 1. The fourth-order valence-corrected chi connectivity index (χ4v) is 3.92. The fraction of sp³-hybridized carbons (Fsp3) is 0.632. The maximum absolute atomic E-state index is 12.7. The van der Waals surface area contributed by atoms with Gasteiger partial charge in [-0.3, -0.25) is 9.69 Å². The van der Waals surface area contributed by atoms with E-state index in [0.29, 0.717) is 18.4 Å². The molecule has 2 aliphatic rings. The van der Waals surface area contributed by atoms with Crippen LogP contribution in [0.5, 0.6) is 0 Å². The van der Waals surface area contributed by atoms with Crippen LogP contribution < -0.4 is 4.90 Å². The number of hydrogen-bond donors (Lipinski definition) is 0. The minimum Gasteiger partial charge on any atom is -0.342 e. The number of aryl methyl sites for hydroxylation is 1. The largest absolute Gasteiger partial charge is 0.342 e. The van der Waals surface area contributed by atoms with Gasteiger partial charge in [-0.15, -0.1) is 0 Å². The van der Waals surface area contributed by atoms with Crippen LogP contribution in [0.25, 0.3) is 0 Å². The van der Waals surface area contributed by atoms with Gasteiger partial charge in [0.05, 0.1) is 6.54 Å². The van der Waals surface area contributed by atoms with E-state index in [1.807, 2.05) is 17.9 Å². The summed E-state index contributed by atoms with van der Waals surface area (Å²) in [7, 11) is 0. The van der Waals surface area contributed by atoms with E-state index < -0.39 is 0 Å². The smallest absolute Gasteiger partial charge is 0.236 e. The molecule has 2 aromatic heterocycles. The van der Waals surface area contributed by atoms with Gasteiger partial charge < -0.3 is 14.3 Å². The number of piperidine rings is 1. The van der Waals surface area contributed by atoms with E-state index in [0.717, 1.165) is 70.3 Å². The Kier molecular flexibility index (Phi) is 5.80. The summed E-state index contributed by atoms with van der Waals surface area (Å²) in [6, 6.07) is 1.82. The molecule has 0 saturated carbocycles. The van der Waals surface area contributed by atoms with E-state index in [9.17, 15) is 4.79 Å². The van der Waals surface area contributed by atoms with Gasteiger partial charge in [0, 0.05) is 65.0 Å². The first-order chi connectivity index (χ1) is 13.7. The van der Waals surface area contributed by atoms with Gasteiger partial charge in [-0.1, -0.05) is 5.16 Å². The molecule has 0 atom stereocenters. The maximum atomic E-state index is 12.7. The number of rotatable bonds is 5. The van der Waals surface area contributed by atoms with Crippen LogP contribution in [0.2, 0.25) is 0 Å². The van der Waals surface area contributed by atoms with E-state index >= 15 is 0 Å². The summed E-state index contributed by atoms with van der Waals surface area (Å²) in [6.45, 7) is 7.36. The van der Waals surface area contributed by atoms with E-state index in [2.05, 4.69) is 29.9 Å². The number of hydrogen-bond acceptors (Lipinski definition) is 8. The van der Waals surface area contributed by atoms with Crippen molar-refractivity contribution in [2.75, 3.05) is 50.7 Å². The van der Waals surface area contributed by atoms with E-state index in [-0.39, 0.29) is 5.91 Å². The lowest BCUT2D eigenvalue weighted by molar-refractivity contribution is -0.133. The quantitative estimate of drug-likeness (QED) is 0.745. The van der Waals surface area contributed by atoms with Crippen molar-refractivity contribution in [3.8, 4) is 0 Å². The molecule has 150 valence electrons. The molecule has 1 amide bonds. The van der Waals surface area contributed by atoms with Crippen molar-refractivity contribution in [1.82, 2.24) is 29.9 Å². The molecule has 9 nitrogen and oxygen atoms in total. The highest BCUT2D eigenvalue weighted by Gasteiger charge is 2.26. The lowest BCUT2D eigenvalue weighted by atomic mass is 9.93. The third-order valence-corrected chi connectivity index (χ3v) is 5.57. The molecular formula is C19H27N7O2. The van der Waals surface area contributed by atoms with Crippen molar-refractivity contribution in [3.63, 3.8) is 0 Å². The normalized spacial score (nSPS) is 19.2. The van der Waals surface area contributed by atoms with E-state index in [4.69, 9.17) is 4.52 Å². The van der Waals surface area contributed by atoms with Gasteiger partial charge >= 0.3 is 0 Å². The second-order valence-corrected chi connectivity index (χ2v) is 7.57. The van der Waals surface area contributed by atoms with Crippen molar-refractivity contribution < 1.29 is 9.32 Å². The molecule has 4 rings (SSSR count). The molecule has 0 radical (unpaired) electrons. The summed E-state index contributed by atoms with van der Waals surface area (Å²) in [5.41, 5.74) is 0. The second kappa shape index (κ2) is 8.64. The molecule has 2 aliphatic heterocycles. The third-order valence-electron chi connectivity index (χ3n) is 5.57. The Balaban J connectivity index is 1.19. The highest BCUT2D eigenvalue weighted by molar-refractivity contribution is 5.78. The minimum absolute atomic E-state index is 0.235. The summed E-state index contributed by atoms with van der Waals surface area (Å²) >= 11 is 0. The average Bonchev–Trinajstić information content (AvgIpc) is 3.14. The van der Waals surface area contributed by atoms with Crippen LogP contribution in [0.15, 0.2) is 23.0 Å². The molecule has 2 aromatic rings. The standard InChI is InChI=1S/C19H27N7O2/c1-15-22-17(23-28-15)13-16-3-7-25(8-4-16)18(27)14-24-9-11-26(12-10-24)19-20-5-2-6-21-19/h2,5-6,16H,3-4,7-14H2,1H3. The molecule has 0 unspecified atom stereocenters. The molecular weight excluding hydrogens is 358 g/mol. The Morgan fingerprint density at radius 2 is 1.82 bits per heavy atom. The summed E-state index contributed by atoms with van der Waals surface area (Å²) in [6.07, 6.45) is 6.36. The topological polar surface area (TPSA) is 91.5 Å². The van der Waals surface area contributed by atoms with E-state index in [1.54, 1.807) is 12.4 Å². The number of carbonyl (C=O) groups is 1. The molecule has 9 heteroatoms. The molecule has 0 N–H and O–H groups in total. The number of nitrogens with zero attached hydrogens (tertiary/aromatic N) is 7. The Morgan fingerprint density at radius 1 is 1.11 bits per heavy atom. The van der Waals surface area contributed by atoms with Gasteiger partial charge in [0.2, 0.25) is 17.7 Å². The summed E-state index contributed by atoms with van der Waals surface area (Å²) in [5, 5.41) is 3.98. The number of anilines is 1. The molecule has 0 aliphatic carbocycles. The van der Waals surface area contributed by atoms with Crippen LogP contribution in [0, 0.1) is 12.8 Å². The first-order valence-corrected chi connectivity index (χ1v) is 9.98. The number of amides is 1. The minimum atomic E-state index is 0.235. The van der Waals surface area contributed by atoms with Crippen LogP contribution in [0.3, 0.4) is 0 Å². The summed E-state index contributed by atoms with van der Waals surface area (Å²) in [5.74, 6) is 2.92. The van der Waals surface area contributed by atoms with Gasteiger partial charge in [0.1, 0.15) is 0 Å². The van der Waals surface area contributed by atoms with Gasteiger partial charge in [-0.25, -0.2) is 9.97 Å². The predicted octanol–water partition coefficient (Wildman–Crippen LogP) is 0.771. The fourth-order valence-electron chi connectivity index (χ4n) is 3.92. The molecule has 4 heterocycles. The zero-order chi connectivity index (χ0) is 19.3. The molecule has 0 spiro atoms. The van der Waals surface area contributed by atoms with Gasteiger partial charge in [-0.05, 0) is 24.8 Å². The second-order valence-electron chi connectivity index (χ2n) is 7.57. The summed E-state index contributed by atoms with van der Waals surface area (Å²) < 4.78 is 5.04. The van der Waals surface area contributed by atoms with Gasteiger partial charge in [-0.2, -0.15) is 4.98 Å². The van der Waals surface area contributed by atoms with Crippen molar-refractivity contribution >= 4 is 11.9 Å². The zero-order valence-corrected chi connectivity index (χ0v) is 16.3.